The van der Waals surface area contributed by atoms with Gasteiger partial charge in [-0.05, 0) is 19.3 Å². The first-order valence-corrected chi connectivity index (χ1v) is 3.63. The third kappa shape index (κ3) is 1.90. The first kappa shape index (κ1) is 7.92. The molecule has 60 valence electrons. The summed E-state index contributed by atoms with van der Waals surface area (Å²) in [6.07, 6.45) is 0.846. The van der Waals surface area contributed by atoms with Gasteiger partial charge in [0, 0.05) is 18.9 Å². The smallest absolute Gasteiger partial charge is 0.248 e. The molecule has 1 rings (SSSR count). The minimum atomic E-state index is -2.38. The normalized spacial score (nSPS) is 27.6. The maximum Gasteiger partial charge on any atom is 0.248 e. The van der Waals surface area contributed by atoms with Crippen molar-refractivity contribution in [3.05, 3.63) is 0 Å². The molecule has 0 amide bonds. The lowest BCUT2D eigenvalue weighted by Crippen LogP contribution is -2.38. The van der Waals surface area contributed by atoms with Gasteiger partial charge in [-0.2, -0.15) is 0 Å². The Morgan fingerprint density at radius 2 is 2.10 bits per heavy atom. The molecule has 1 aliphatic carbocycles. The van der Waals surface area contributed by atoms with E-state index < -0.39 is 5.92 Å². The number of nitrogens with two attached hydrogens (primary N) is 1. The standard InChI is InChI=1S/C7H13F2N/c1-5(10)2-6-3-7(8,9)4-6/h5-6H,2-4,10H2,1H3/t5-/m1/s1. The Morgan fingerprint density at radius 1 is 1.60 bits per heavy atom. The second-order valence-electron chi connectivity index (χ2n) is 3.34. The van der Waals surface area contributed by atoms with Crippen LogP contribution in [0.5, 0.6) is 0 Å². The van der Waals surface area contributed by atoms with Crippen molar-refractivity contribution in [3.63, 3.8) is 0 Å². The highest BCUT2D eigenvalue weighted by atomic mass is 19.3. The van der Waals surface area contributed by atoms with Gasteiger partial charge in [-0.15, -0.1) is 0 Å². The first-order chi connectivity index (χ1) is 4.49. The van der Waals surface area contributed by atoms with Crippen LogP contribution < -0.4 is 5.73 Å². The summed E-state index contributed by atoms with van der Waals surface area (Å²) in [5.41, 5.74) is 5.45. The fourth-order valence-electron chi connectivity index (χ4n) is 1.48. The van der Waals surface area contributed by atoms with Crippen molar-refractivity contribution in [1.82, 2.24) is 0 Å². The van der Waals surface area contributed by atoms with Crippen LogP contribution in [0.3, 0.4) is 0 Å². The van der Waals surface area contributed by atoms with Gasteiger partial charge in [-0.25, -0.2) is 8.78 Å². The lowest BCUT2D eigenvalue weighted by molar-refractivity contribution is -0.112. The van der Waals surface area contributed by atoms with Gasteiger partial charge in [0.15, 0.2) is 0 Å². The summed E-state index contributed by atoms with van der Waals surface area (Å²) < 4.78 is 24.4. The molecule has 2 N–H and O–H groups in total. The molecule has 1 saturated carbocycles. The van der Waals surface area contributed by atoms with E-state index in [1.807, 2.05) is 6.92 Å². The zero-order valence-electron chi connectivity index (χ0n) is 6.11. The fraction of sp³-hybridized carbons (Fsp3) is 1.00. The molecule has 10 heavy (non-hydrogen) atoms. The van der Waals surface area contributed by atoms with Crippen molar-refractivity contribution in [3.8, 4) is 0 Å². The number of halogens is 2. The van der Waals surface area contributed by atoms with Crippen LogP contribution in [0.2, 0.25) is 0 Å². The van der Waals surface area contributed by atoms with Gasteiger partial charge in [-0.3, -0.25) is 0 Å². The second kappa shape index (κ2) is 2.46. The van der Waals surface area contributed by atoms with E-state index in [9.17, 15) is 8.78 Å². The average Bonchev–Trinajstić information content (AvgIpc) is 1.57. The molecule has 0 bridgehead atoms. The molecule has 0 aromatic rings. The topological polar surface area (TPSA) is 26.0 Å². The molecule has 1 fully saturated rings. The SMILES string of the molecule is C[C@@H](N)CC1CC(F)(F)C1. The summed E-state index contributed by atoms with van der Waals surface area (Å²) in [4.78, 5) is 0. The molecule has 0 aromatic heterocycles. The van der Waals surface area contributed by atoms with Crippen LogP contribution >= 0.6 is 0 Å². The Labute approximate surface area is 59.6 Å². The molecule has 0 radical (unpaired) electrons. The van der Waals surface area contributed by atoms with Crippen LogP contribution in [0.25, 0.3) is 0 Å². The third-order valence-corrected chi connectivity index (χ3v) is 1.88. The molecular weight excluding hydrogens is 136 g/mol. The van der Waals surface area contributed by atoms with Crippen LogP contribution in [0.15, 0.2) is 0 Å². The summed E-state index contributed by atoms with van der Waals surface area (Å²) in [5.74, 6) is -2.20. The Balaban J connectivity index is 2.15. The van der Waals surface area contributed by atoms with Gasteiger partial charge >= 0.3 is 0 Å². The molecule has 0 saturated heterocycles. The number of rotatable bonds is 2. The Morgan fingerprint density at radius 3 is 2.40 bits per heavy atom. The van der Waals surface area contributed by atoms with E-state index >= 15 is 0 Å². The highest BCUT2D eigenvalue weighted by Crippen LogP contribution is 2.44. The number of hydrogen-bond acceptors (Lipinski definition) is 1. The molecule has 0 unspecified atom stereocenters. The monoisotopic (exact) mass is 149 g/mol. The predicted molar refractivity (Wildman–Crippen MR) is 35.9 cm³/mol. The largest absolute Gasteiger partial charge is 0.328 e. The highest BCUT2D eigenvalue weighted by molar-refractivity contribution is 4.87. The van der Waals surface area contributed by atoms with Crippen molar-refractivity contribution in [2.75, 3.05) is 0 Å². The van der Waals surface area contributed by atoms with Crippen LogP contribution in [-0.2, 0) is 0 Å². The predicted octanol–water partition coefficient (Wildman–Crippen LogP) is 1.77. The fourth-order valence-corrected chi connectivity index (χ4v) is 1.48. The van der Waals surface area contributed by atoms with E-state index in [1.54, 1.807) is 0 Å². The van der Waals surface area contributed by atoms with Crippen LogP contribution in [0.1, 0.15) is 26.2 Å². The van der Waals surface area contributed by atoms with Gasteiger partial charge in [0.25, 0.3) is 0 Å². The average molecular weight is 149 g/mol. The third-order valence-electron chi connectivity index (χ3n) is 1.88. The molecule has 0 aliphatic heterocycles. The molecular formula is C7H13F2N. The minimum Gasteiger partial charge on any atom is -0.328 e. The summed E-state index contributed by atoms with van der Waals surface area (Å²) in [5, 5.41) is 0. The summed E-state index contributed by atoms with van der Waals surface area (Å²) in [6, 6.07) is 0.0705. The molecule has 0 spiro atoms. The van der Waals surface area contributed by atoms with E-state index in [0.29, 0.717) is 0 Å². The van der Waals surface area contributed by atoms with Gasteiger partial charge < -0.3 is 5.73 Å². The molecule has 3 heteroatoms. The van der Waals surface area contributed by atoms with Gasteiger partial charge in [0.05, 0.1) is 0 Å². The molecule has 0 aromatic carbocycles. The summed E-state index contributed by atoms with van der Waals surface area (Å²) in [7, 11) is 0. The van der Waals surface area contributed by atoms with E-state index in [-0.39, 0.29) is 24.8 Å². The molecule has 1 aliphatic rings. The zero-order valence-corrected chi connectivity index (χ0v) is 6.11. The molecule has 1 nitrogen and oxygen atoms in total. The van der Waals surface area contributed by atoms with Crippen molar-refractivity contribution in [2.24, 2.45) is 11.7 Å². The lowest BCUT2D eigenvalue weighted by Gasteiger charge is -2.35. The number of alkyl halides is 2. The zero-order chi connectivity index (χ0) is 7.78. The summed E-state index contributed by atoms with van der Waals surface area (Å²) >= 11 is 0. The Kier molecular flexibility index (Phi) is 1.95. The van der Waals surface area contributed by atoms with Gasteiger partial charge in [-0.1, -0.05) is 0 Å². The van der Waals surface area contributed by atoms with E-state index in [4.69, 9.17) is 5.73 Å². The van der Waals surface area contributed by atoms with Crippen LogP contribution in [0.4, 0.5) is 8.78 Å². The first-order valence-electron chi connectivity index (χ1n) is 3.63. The Hall–Kier alpha value is -0.180. The maximum absolute atomic E-state index is 12.2. The highest BCUT2D eigenvalue weighted by Gasteiger charge is 2.44. The second-order valence-corrected chi connectivity index (χ2v) is 3.34. The van der Waals surface area contributed by atoms with Crippen LogP contribution in [-0.4, -0.2) is 12.0 Å². The minimum absolute atomic E-state index is 0.0501. The maximum atomic E-state index is 12.2. The Bertz CT molecular complexity index is 112. The van der Waals surface area contributed by atoms with Gasteiger partial charge in [0.2, 0.25) is 5.92 Å². The van der Waals surface area contributed by atoms with E-state index in [2.05, 4.69) is 0 Å². The van der Waals surface area contributed by atoms with Crippen molar-refractivity contribution in [2.45, 2.75) is 38.2 Å². The van der Waals surface area contributed by atoms with Crippen molar-refractivity contribution < 1.29 is 8.78 Å². The summed E-state index contributed by atoms with van der Waals surface area (Å²) in [6.45, 7) is 1.86. The van der Waals surface area contributed by atoms with Crippen LogP contribution in [0, 0.1) is 5.92 Å². The van der Waals surface area contributed by atoms with Gasteiger partial charge in [0.1, 0.15) is 0 Å². The lowest BCUT2D eigenvalue weighted by atomic mass is 9.78. The quantitative estimate of drug-likeness (QED) is 0.636. The molecule has 1 atom stereocenters. The van der Waals surface area contributed by atoms with Crippen molar-refractivity contribution >= 4 is 0 Å². The van der Waals surface area contributed by atoms with Crippen molar-refractivity contribution in [1.29, 1.82) is 0 Å². The van der Waals surface area contributed by atoms with E-state index in [0.717, 1.165) is 6.42 Å². The van der Waals surface area contributed by atoms with E-state index in [1.165, 1.54) is 0 Å². The molecule has 0 heterocycles. The number of hydrogen-bond donors (Lipinski definition) is 1.